The Labute approximate surface area is 155 Å². The number of carbonyl (C=O) groups is 4. The lowest BCUT2D eigenvalue weighted by Crippen LogP contribution is -2.43. The smallest absolute Gasteiger partial charge is 0.381 e. The van der Waals surface area contributed by atoms with Crippen LogP contribution in [0.15, 0.2) is 58.6 Å². The van der Waals surface area contributed by atoms with Gasteiger partial charge in [-0.3, -0.25) is 14.4 Å². The fourth-order valence-corrected chi connectivity index (χ4v) is 3.47. The molecule has 26 heavy (non-hydrogen) atoms. The summed E-state index contributed by atoms with van der Waals surface area (Å²) < 4.78 is 5.71. The summed E-state index contributed by atoms with van der Waals surface area (Å²) in [6.45, 7) is 0. The Balaban J connectivity index is 1.99. The molecule has 128 valence electrons. The Morgan fingerprint density at radius 2 is 1.42 bits per heavy atom. The SMILES string of the molecule is O=C1OC2(C(=O)c3ccccc3C2=O)/C(=C(/O)c2ccc(Br)cc2)C1=O. The maximum Gasteiger partial charge on any atom is 0.381 e. The topological polar surface area (TPSA) is 97.7 Å². The highest BCUT2D eigenvalue weighted by molar-refractivity contribution is 9.10. The predicted molar refractivity (Wildman–Crippen MR) is 92.6 cm³/mol. The van der Waals surface area contributed by atoms with Crippen molar-refractivity contribution >= 4 is 45.0 Å². The van der Waals surface area contributed by atoms with Crippen molar-refractivity contribution in [3.8, 4) is 0 Å². The first-order valence-electron chi connectivity index (χ1n) is 7.54. The normalized spacial score (nSPS) is 19.7. The van der Waals surface area contributed by atoms with Crippen LogP contribution >= 0.6 is 15.9 Å². The van der Waals surface area contributed by atoms with Gasteiger partial charge in [0.2, 0.25) is 11.6 Å². The number of rotatable bonds is 1. The predicted octanol–water partition coefficient (Wildman–Crippen LogP) is 2.66. The van der Waals surface area contributed by atoms with Gasteiger partial charge in [-0.1, -0.05) is 52.3 Å². The Morgan fingerprint density at radius 3 is 1.96 bits per heavy atom. The number of ketones is 3. The molecule has 1 aliphatic carbocycles. The Morgan fingerprint density at radius 1 is 0.885 bits per heavy atom. The number of Topliss-reactive ketones (excluding diaryl/α,β-unsaturated/α-hetero) is 3. The Kier molecular flexibility index (Phi) is 3.45. The van der Waals surface area contributed by atoms with E-state index >= 15 is 0 Å². The van der Waals surface area contributed by atoms with Gasteiger partial charge < -0.3 is 9.84 Å². The lowest BCUT2D eigenvalue weighted by molar-refractivity contribution is -0.149. The van der Waals surface area contributed by atoms with Gasteiger partial charge in [0.15, 0.2) is 0 Å². The number of esters is 1. The second-order valence-electron chi connectivity index (χ2n) is 5.83. The van der Waals surface area contributed by atoms with Gasteiger partial charge in [0.25, 0.3) is 11.4 Å². The summed E-state index contributed by atoms with van der Waals surface area (Å²) in [6.07, 6.45) is 0. The highest BCUT2D eigenvalue weighted by Crippen LogP contribution is 2.44. The summed E-state index contributed by atoms with van der Waals surface area (Å²) in [5, 5.41) is 10.6. The molecule has 1 aliphatic heterocycles. The molecule has 0 unspecified atom stereocenters. The van der Waals surface area contributed by atoms with Crippen molar-refractivity contribution in [2.75, 3.05) is 0 Å². The van der Waals surface area contributed by atoms with Crippen LogP contribution in [0.5, 0.6) is 0 Å². The molecule has 1 heterocycles. The van der Waals surface area contributed by atoms with Gasteiger partial charge in [0.1, 0.15) is 11.3 Å². The van der Waals surface area contributed by atoms with E-state index in [0.29, 0.717) is 0 Å². The molecule has 0 bridgehead atoms. The van der Waals surface area contributed by atoms with Gasteiger partial charge in [-0.25, -0.2) is 4.79 Å². The molecule has 0 aromatic heterocycles. The Hall–Kier alpha value is -3.06. The van der Waals surface area contributed by atoms with Crippen LogP contribution in [0.3, 0.4) is 0 Å². The number of halogens is 1. The summed E-state index contributed by atoms with van der Waals surface area (Å²) in [7, 11) is 0. The fraction of sp³-hybridized carbons (Fsp3) is 0.0526. The lowest BCUT2D eigenvalue weighted by Gasteiger charge is -2.20. The molecule has 6 nitrogen and oxygen atoms in total. The number of carbonyl (C=O) groups excluding carboxylic acids is 4. The van der Waals surface area contributed by atoms with Gasteiger partial charge in [-0.05, 0) is 12.1 Å². The van der Waals surface area contributed by atoms with E-state index in [2.05, 4.69) is 15.9 Å². The van der Waals surface area contributed by atoms with Crippen LogP contribution in [0.2, 0.25) is 0 Å². The van der Waals surface area contributed by atoms with Crippen molar-refractivity contribution in [3.05, 3.63) is 75.3 Å². The minimum absolute atomic E-state index is 0.0427. The summed E-state index contributed by atoms with van der Waals surface area (Å²) in [6, 6.07) is 12.1. The average Bonchev–Trinajstić information content (AvgIpc) is 3.03. The third-order valence-corrected chi connectivity index (χ3v) is 4.95. The maximum absolute atomic E-state index is 12.9. The third-order valence-electron chi connectivity index (χ3n) is 4.42. The van der Waals surface area contributed by atoms with E-state index in [-0.39, 0.29) is 16.7 Å². The van der Waals surface area contributed by atoms with Crippen molar-refractivity contribution in [1.82, 2.24) is 0 Å². The summed E-state index contributed by atoms with van der Waals surface area (Å²) in [5.74, 6) is -4.87. The Bertz CT molecular complexity index is 1010. The highest BCUT2D eigenvalue weighted by atomic mass is 79.9. The zero-order chi connectivity index (χ0) is 18.6. The van der Waals surface area contributed by atoms with Gasteiger partial charge in [0, 0.05) is 21.2 Å². The number of aliphatic hydroxyl groups is 1. The molecule has 7 heteroatoms. The number of hydrogen-bond donors (Lipinski definition) is 1. The molecule has 2 aromatic carbocycles. The standard InChI is InChI=1S/C19H9BrO6/c20-10-7-5-9(6-8-10)14(21)13-15(22)18(25)26-19(13)16(23)11-3-1-2-4-12(11)17(19)24/h1-8,21H/b14-13+. The van der Waals surface area contributed by atoms with E-state index < -0.39 is 40.3 Å². The number of aliphatic hydroxyl groups excluding tert-OH is 1. The molecule has 2 aliphatic rings. The van der Waals surface area contributed by atoms with Gasteiger partial charge in [0.05, 0.1) is 0 Å². The largest absolute Gasteiger partial charge is 0.507 e. The van der Waals surface area contributed by atoms with E-state index in [0.717, 1.165) is 4.47 Å². The number of ether oxygens (including phenoxy) is 1. The minimum Gasteiger partial charge on any atom is -0.507 e. The first-order chi connectivity index (χ1) is 12.4. The average molecular weight is 413 g/mol. The molecule has 1 N–H and O–H groups in total. The van der Waals surface area contributed by atoms with Crippen molar-refractivity contribution in [1.29, 1.82) is 0 Å². The zero-order valence-electron chi connectivity index (χ0n) is 13.0. The van der Waals surface area contributed by atoms with Gasteiger partial charge >= 0.3 is 5.97 Å². The molecule has 1 spiro atoms. The first-order valence-corrected chi connectivity index (χ1v) is 8.33. The van der Waals surface area contributed by atoms with E-state index in [1.807, 2.05) is 0 Å². The molecule has 0 atom stereocenters. The molecule has 1 saturated heterocycles. The second kappa shape index (κ2) is 5.47. The van der Waals surface area contributed by atoms with Gasteiger partial charge in [-0.2, -0.15) is 0 Å². The number of hydrogen-bond acceptors (Lipinski definition) is 6. The fourth-order valence-electron chi connectivity index (χ4n) is 3.21. The third kappa shape index (κ3) is 1.97. The monoisotopic (exact) mass is 412 g/mol. The first kappa shape index (κ1) is 16.4. The van der Waals surface area contributed by atoms with Crippen molar-refractivity contribution in [2.45, 2.75) is 5.60 Å². The zero-order valence-corrected chi connectivity index (χ0v) is 14.6. The summed E-state index contributed by atoms with van der Waals surface area (Å²) in [4.78, 5) is 50.2. The van der Waals surface area contributed by atoms with E-state index in [1.165, 1.54) is 24.3 Å². The van der Waals surface area contributed by atoms with Crippen LogP contribution in [0.1, 0.15) is 26.3 Å². The summed E-state index contributed by atoms with van der Waals surface area (Å²) in [5.41, 5.74) is -2.85. The van der Waals surface area contributed by atoms with Crippen molar-refractivity contribution in [2.24, 2.45) is 0 Å². The van der Waals surface area contributed by atoms with Gasteiger partial charge in [-0.15, -0.1) is 0 Å². The molecular formula is C19H9BrO6. The van der Waals surface area contributed by atoms with Crippen LogP contribution in [-0.2, 0) is 14.3 Å². The van der Waals surface area contributed by atoms with E-state index in [9.17, 15) is 24.3 Å². The van der Waals surface area contributed by atoms with Crippen LogP contribution < -0.4 is 0 Å². The molecule has 4 rings (SSSR count). The van der Waals surface area contributed by atoms with E-state index in [1.54, 1.807) is 24.3 Å². The number of fused-ring (bicyclic) bond motifs is 1. The lowest BCUT2D eigenvalue weighted by atomic mass is 9.85. The second-order valence-corrected chi connectivity index (χ2v) is 6.75. The highest BCUT2D eigenvalue weighted by Gasteiger charge is 2.67. The number of benzene rings is 2. The minimum atomic E-state index is -2.46. The molecular weight excluding hydrogens is 404 g/mol. The molecule has 0 amide bonds. The molecule has 2 aromatic rings. The van der Waals surface area contributed by atoms with E-state index in [4.69, 9.17) is 4.74 Å². The summed E-state index contributed by atoms with van der Waals surface area (Å²) >= 11 is 3.25. The molecule has 0 radical (unpaired) electrons. The van der Waals surface area contributed by atoms with Crippen LogP contribution in [-0.4, -0.2) is 34.0 Å². The maximum atomic E-state index is 12.9. The molecule has 0 saturated carbocycles. The van der Waals surface area contributed by atoms with Crippen LogP contribution in [0.4, 0.5) is 0 Å². The van der Waals surface area contributed by atoms with Crippen LogP contribution in [0, 0.1) is 0 Å². The van der Waals surface area contributed by atoms with Crippen molar-refractivity contribution < 1.29 is 29.0 Å². The van der Waals surface area contributed by atoms with Crippen LogP contribution in [0.25, 0.3) is 5.76 Å². The van der Waals surface area contributed by atoms with Crippen molar-refractivity contribution in [3.63, 3.8) is 0 Å². The molecule has 1 fully saturated rings. The quantitative estimate of drug-likeness (QED) is 0.254.